The second kappa shape index (κ2) is 21.6. The number of nitrogens with zero attached hydrogens (tertiary/aromatic N) is 1. The number of carbonyl (C=O) groups is 2. The van der Waals surface area contributed by atoms with Gasteiger partial charge in [0.25, 0.3) is 0 Å². The van der Waals surface area contributed by atoms with Gasteiger partial charge in [0.2, 0.25) is 11.8 Å². The number of nitrogens with one attached hydrogen (secondary N) is 2. The quantitative estimate of drug-likeness (QED) is 0.199. The van der Waals surface area contributed by atoms with Gasteiger partial charge >= 0.3 is 0 Å². The predicted molar refractivity (Wildman–Crippen MR) is 130 cm³/mol. The van der Waals surface area contributed by atoms with Crippen LogP contribution in [-0.4, -0.2) is 60.6 Å². The van der Waals surface area contributed by atoms with E-state index in [1.165, 1.54) is 25.7 Å². The molecule has 0 rings (SSSR count). The standard InChI is InChI=1S/C25H47N3O3/c1-4-6-8-10-12-16-24(30)26-18-14-20-28(22-23(3)29)21-15-19-27-25(31)17-13-11-9-7-5-2/h12-13,16-17,23,29H,4-11,14-15,18-22H2,1-3H3,(H,26,30)(H,27,31)/b16-12+,17-13+. The van der Waals surface area contributed by atoms with Crippen molar-refractivity contribution in [2.75, 3.05) is 32.7 Å². The summed E-state index contributed by atoms with van der Waals surface area (Å²) in [5.41, 5.74) is 0. The highest BCUT2D eigenvalue weighted by Gasteiger charge is 2.08. The zero-order valence-corrected chi connectivity index (χ0v) is 20.2. The Hall–Kier alpha value is -1.66. The Bertz CT molecular complexity index is 464. The molecule has 1 atom stereocenters. The smallest absolute Gasteiger partial charge is 0.243 e. The molecule has 6 nitrogen and oxygen atoms in total. The number of rotatable bonds is 20. The lowest BCUT2D eigenvalue weighted by Crippen LogP contribution is -2.36. The van der Waals surface area contributed by atoms with Gasteiger partial charge in [0.15, 0.2) is 0 Å². The van der Waals surface area contributed by atoms with Crippen LogP contribution in [0.2, 0.25) is 0 Å². The van der Waals surface area contributed by atoms with Crippen LogP contribution in [0.5, 0.6) is 0 Å². The minimum absolute atomic E-state index is 0.0379. The monoisotopic (exact) mass is 437 g/mol. The average molecular weight is 438 g/mol. The summed E-state index contributed by atoms with van der Waals surface area (Å²) in [4.78, 5) is 25.8. The highest BCUT2D eigenvalue weighted by molar-refractivity contribution is 5.87. The molecule has 0 aliphatic heterocycles. The Labute approximate surface area is 190 Å². The van der Waals surface area contributed by atoms with E-state index in [1.54, 1.807) is 19.1 Å². The summed E-state index contributed by atoms with van der Waals surface area (Å²) in [6.07, 6.45) is 17.3. The summed E-state index contributed by atoms with van der Waals surface area (Å²) in [5, 5.41) is 15.6. The molecule has 0 aliphatic rings. The van der Waals surface area contributed by atoms with Crippen LogP contribution in [0.15, 0.2) is 24.3 Å². The van der Waals surface area contributed by atoms with Gasteiger partial charge in [-0.05, 0) is 70.7 Å². The molecule has 0 saturated heterocycles. The number of unbranched alkanes of at least 4 members (excludes halogenated alkanes) is 6. The summed E-state index contributed by atoms with van der Waals surface area (Å²) >= 11 is 0. The molecular formula is C25H47N3O3. The maximum Gasteiger partial charge on any atom is 0.243 e. The first-order valence-electron chi connectivity index (χ1n) is 12.3. The molecule has 6 heteroatoms. The van der Waals surface area contributed by atoms with Crippen molar-refractivity contribution in [3.8, 4) is 0 Å². The summed E-state index contributed by atoms with van der Waals surface area (Å²) < 4.78 is 0. The fraction of sp³-hybridized carbons (Fsp3) is 0.760. The summed E-state index contributed by atoms with van der Waals surface area (Å²) in [7, 11) is 0. The van der Waals surface area contributed by atoms with Crippen molar-refractivity contribution in [1.29, 1.82) is 0 Å². The molecule has 180 valence electrons. The third-order valence-electron chi connectivity index (χ3n) is 4.91. The number of aliphatic hydroxyl groups excluding tert-OH is 1. The molecule has 2 amide bonds. The minimum atomic E-state index is -0.402. The second-order valence-electron chi connectivity index (χ2n) is 8.24. The normalized spacial score (nSPS) is 12.7. The average Bonchev–Trinajstić information content (AvgIpc) is 2.73. The molecule has 0 aromatic heterocycles. The molecule has 0 spiro atoms. The van der Waals surface area contributed by atoms with Crippen LogP contribution in [0.1, 0.15) is 85.0 Å². The fourth-order valence-electron chi connectivity index (χ4n) is 3.22. The Balaban J connectivity index is 3.98. The van der Waals surface area contributed by atoms with Gasteiger partial charge < -0.3 is 20.6 Å². The molecule has 1 unspecified atom stereocenters. The number of allylic oxidation sites excluding steroid dienone is 2. The number of hydrogen-bond donors (Lipinski definition) is 3. The van der Waals surface area contributed by atoms with Crippen LogP contribution in [-0.2, 0) is 9.59 Å². The Morgan fingerprint density at radius 3 is 1.65 bits per heavy atom. The topological polar surface area (TPSA) is 81.7 Å². The van der Waals surface area contributed by atoms with E-state index in [0.29, 0.717) is 19.6 Å². The van der Waals surface area contributed by atoms with E-state index in [-0.39, 0.29) is 11.8 Å². The largest absolute Gasteiger partial charge is 0.392 e. The second-order valence-corrected chi connectivity index (χ2v) is 8.24. The van der Waals surface area contributed by atoms with Crippen LogP contribution in [0.25, 0.3) is 0 Å². The molecule has 0 aliphatic carbocycles. The fourth-order valence-corrected chi connectivity index (χ4v) is 3.22. The lowest BCUT2D eigenvalue weighted by atomic mass is 10.2. The summed E-state index contributed by atoms with van der Waals surface area (Å²) in [5.74, 6) is -0.0759. The summed E-state index contributed by atoms with van der Waals surface area (Å²) in [6.45, 7) is 9.55. The zero-order valence-electron chi connectivity index (χ0n) is 20.2. The SMILES string of the molecule is CCCCC/C=C/C(=O)NCCCN(CCCNC(=O)/C=C/CCCCC)CC(C)O. The van der Waals surface area contributed by atoms with Gasteiger partial charge in [-0.3, -0.25) is 9.59 Å². The van der Waals surface area contributed by atoms with E-state index >= 15 is 0 Å². The maximum absolute atomic E-state index is 11.8. The first kappa shape index (κ1) is 29.3. The van der Waals surface area contributed by atoms with E-state index in [0.717, 1.165) is 51.6 Å². The molecule has 0 aromatic rings. The van der Waals surface area contributed by atoms with Gasteiger partial charge in [-0.15, -0.1) is 0 Å². The van der Waals surface area contributed by atoms with E-state index in [9.17, 15) is 14.7 Å². The first-order chi connectivity index (χ1) is 15.0. The molecule has 0 bridgehead atoms. The molecule has 31 heavy (non-hydrogen) atoms. The van der Waals surface area contributed by atoms with E-state index in [2.05, 4.69) is 29.4 Å². The van der Waals surface area contributed by atoms with Crippen LogP contribution < -0.4 is 10.6 Å². The van der Waals surface area contributed by atoms with Gasteiger partial charge in [0.1, 0.15) is 0 Å². The third-order valence-corrected chi connectivity index (χ3v) is 4.91. The van der Waals surface area contributed by atoms with Crippen LogP contribution in [0.4, 0.5) is 0 Å². The van der Waals surface area contributed by atoms with Crippen molar-refractivity contribution in [2.45, 2.75) is 91.1 Å². The van der Waals surface area contributed by atoms with Crippen LogP contribution in [0, 0.1) is 0 Å². The third kappa shape index (κ3) is 21.4. The van der Waals surface area contributed by atoms with Crippen LogP contribution in [0.3, 0.4) is 0 Å². The minimum Gasteiger partial charge on any atom is -0.392 e. The van der Waals surface area contributed by atoms with Gasteiger partial charge in [-0.25, -0.2) is 0 Å². The lowest BCUT2D eigenvalue weighted by molar-refractivity contribution is -0.117. The molecule has 0 heterocycles. The van der Waals surface area contributed by atoms with Crippen molar-refractivity contribution in [3.05, 3.63) is 24.3 Å². The van der Waals surface area contributed by atoms with E-state index < -0.39 is 6.10 Å². The van der Waals surface area contributed by atoms with Crippen molar-refractivity contribution in [1.82, 2.24) is 15.5 Å². The van der Waals surface area contributed by atoms with Crippen molar-refractivity contribution in [3.63, 3.8) is 0 Å². The van der Waals surface area contributed by atoms with Crippen LogP contribution >= 0.6 is 0 Å². The number of hydrogen-bond acceptors (Lipinski definition) is 4. The molecule has 0 saturated carbocycles. The summed E-state index contributed by atoms with van der Waals surface area (Å²) in [6, 6.07) is 0. The lowest BCUT2D eigenvalue weighted by Gasteiger charge is -2.23. The van der Waals surface area contributed by atoms with Crippen molar-refractivity contribution >= 4 is 11.8 Å². The predicted octanol–water partition coefficient (Wildman–Crippen LogP) is 3.95. The molecule has 0 radical (unpaired) electrons. The van der Waals surface area contributed by atoms with Gasteiger partial charge in [0.05, 0.1) is 6.10 Å². The van der Waals surface area contributed by atoms with E-state index in [1.807, 2.05) is 12.2 Å². The van der Waals surface area contributed by atoms with Crippen molar-refractivity contribution in [2.24, 2.45) is 0 Å². The molecular weight excluding hydrogens is 390 g/mol. The molecule has 3 N–H and O–H groups in total. The molecule has 0 aromatic carbocycles. The zero-order chi connectivity index (χ0) is 23.2. The molecule has 0 fully saturated rings. The number of carbonyl (C=O) groups excluding carboxylic acids is 2. The number of amides is 2. The van der Waals surface area contributed by atoms with Crippen molar-refractivity contribution < 1.29 is 14.7 Å². The highest BCUT2D eigenvalue weighted by Crippen LogP contribution is 2.00. The Morgan fingerprint density at radius 2 is 1.26 bits per heavy atom. The highest BCUT2D eigenvalue weighted by atomic mass is 16.3. The van der Waals surface area contributed by atoms with Gasteiger partial charge in [-0.2, -0.15) is 0 Å². The van der Waals surface area contributed by atoms with Gasteiger partial charge in [-0.1, -0.05) is 51.7 Å². The van der Waals surface area contributed by atoms with Gasteiger partial charge in [0, 0.05) is 19.6 Å². The number of aliphatic hydroxyl groups is 1. The Morgan fingerprint density at radius 1 is 0.806 bits per heavy atom. The maximum atomic E-state index is 11.8. The van der Waals surface area contributed by atoms with E-state index in [4.69, 9.17) is 0 Å². The Kier molecular flexibility index (Phi) is 20.4. The first-order valence-corrected chi connectivity index (χ1v) is 12.3.